The Morgan fingerprint density at radius 1 is 1.19 bits per heavy atom. The molecule has 4 heterocycles. The van der Waals surface area contributed by atoms with Gasteiger partial charge in [0.1, 0.15) is 21.8 Å². The summed E-state index contributed by atoms with van der Waals surface area (Å²) in [5.41, 5.74) is 1.09. The second-order valence-electron chi connectivity index (χ2n) is 13.8. The van der Waals surface area contributed by atoms with Crippen LogP contribution in [0.3, 0.4) is 0 Å². The standard InChI is InChI=1S/C32H49BFN7O6S/c1-9-22-32(7)25(41(29(44)47-32)13-11-10-12-40-17-21(38-39-40)27-37-16-23(35)48-27)20(4)36-15-18(2)14-30(5,45-8)24(33)19(3)26(42)31(6,34)28(43)46-22/h16-20,22,24-25,36H,9-15,35H2,1-8H3/t18-,19-,20-,22-,24-,25-,30-,31+,32-/m1/s1. The third kappa shape index (κ3) is 7.54. The van der Waals surface area contributed by atoms with E-state index in [-0.39, 0.29) is 18.4 Å². The largest absolute Gasteiger partial charge is 0.455 e. The number of thiazole rings is 1. The minimum absolute atomic E-state index is 0.0126. The lowest BCUT2D eigenvalue weighted by atomic mass is 9.62. The Labute approximate surface area is 287 Å². The molecule has 2 aliphatic heterocycles. The molecule has 0 spiro atoms. The molecule has 2 fully saturated rings. The number of aromatic nitrogens is 4. The number of esters is 1. The normalized spacial score (nSPS) is 35.4. The number of fused-ring (bicyclic) bond motifs is 1. The fourth-order valence-electron chi connectivity index (χ4n) is 7.13. The summed E-state index contributed by atoms with van der Waals surface area (Å²) in [6, 6.07) is -0.921. The number of alkyl halides is 1. The van der Waals surface area contributed by atoms with Crippen LogP contribution in [-0.2, 0) is 30.3 Å². The topological polar surface area (TPSA) is 164 Å². The van der Waals surface area contributed by atoms with Gasteiger partial charge in [-0.05, 0) is 71.7 Å². The van der Waals surface area contributed by atoms with Crippen LogP contribution >= 0.6 is 11.3 Å². The lowest BCUT2D eigenvalue weighted by Crippen LogP contribution is -2.61. The van der Waals surface area contributed by atoms with Gasteiger partial charge in [-0.2, -0.15) is 0 Å². The first-order chi connectivity index (χ1) is 22.5. The number of nitrogens with two attached hydrogens (primary N) is 1. The second-order valence-corrected chi connectivity index (χ2v) is 14.9. The first-order valence-electron chi connectivity index (χ1n) is 16.6. The van der Waals surface area contributed by atoms with Crippen LogP contribution in [0.5, 0.6) is 0 Å². The van der Waals surface area contributed by atoms with Gasteiger partial charge in [0.2, 0.25) is 0 Å². The number of aryl methyl sites for hydroxylation is 1. The first-order valence-corrected chi connectivity index (χ1v) is 17.4. The summed E-state index contributed by atoms with van der Waals surface area (Å²) in [5, 5.41) is 13.2. The van der Waals surface area contributed by atoms with Crippen molar-refractivity contribution in [3.63, 3.8) is 0 Å². The zero-order chi connectivity index (χ0) is 35.6. The van der Waals surface area contributed by atoms with E-state index >= 15 is 4.39 Å². The smallest absolute Gasteiger partial charge is 0.410 e. The number of carbonyl (C=O) groups is 3. The molecule has 264 valence electrons. The van der Waals surface area contributed by atoms with Crippen LogP contribution in [0.4, 0.5) is 14.2 Å². The fourth-order valence-corrected chi connectivity index (χ4v) is 7.77. The summed E-state index contributed by atoms with van der Waals surface area (Å²) in [6.45, 7) is 13.1. The maximum Gasteiger partial charge on any atom is 0.410 e. The Morgan fingerprint density at radius 3 is 2.50 bits per heavy atom. The van der Waals surface area contributed by atoms with Gasteiger partial charge in [0, 0.05) is 32.2 Å². The van der Waals surface area contributed by atoms with Crippen molar-refractivity contribution in [3.8, 4) is 10.7 Å². The molecule has 2 aromatic rings. The van der Waals surface area contributed by atoms with Gasteiger partial charge in [-0.15, -0.1) is 5.10 Å². The van der Waals surface area contributed by atoms with Crippen molar-refractivity contribution in [1.29, 1.82) is 0 Å². The SMILES string of the molecule is [B][C@@H]1[C@@H](C)C(=O)[C@](C)(F)C(=O)O[C@H](CC)[C@@]2(C)OC(=O)N(CCCCn3cc(-c4ncc(N)s4)nn3)[C@@H]2[C@@H](C)NC[C@H](C)C[C@@]1(C)OC. The number of halogens is 1. The Bertz CT molecular complexity index is 1460. The van der Waals surface area contributed by atoms with E-state index in [1.807, 2.05) is 13.8 Å². The Hall–Kier alpha value is -3.11. The summed E-state index contributed by atoms with van der Waals surface area (Å²) in [7, 11) is 8.04. The molecule has 0 aromatic carbocycles. The minimum atomic E-state index is -2.99. The number of nitrogens with zero attached hydrogens (tertiary/aromatic N) is 5. The Morgan fingerprint density at radius 2 is 1.88 bits per heavy atom. The first kappa shape index (κ1) is 37.7. The molecule has 2 saturated heterocycles. The number of amides is 1. The minimum Gasteiger partial charge on any atom is -0.455 e. The van der Waals surface area contributed by atoms with Crippen LogP contribution in [0, 0.1) is 11.8 Å². The summed E-state index contributed by atoms with van der Waals surface area (Å²) < 4.78 is 35.5. The van der Waals surface area contributed by atoms with Crippen molar-refractivity contribution in [1.82, 2.24) is 30.2 Å². The van der Waals surface area contributed by atoms with Crippen LogP contribution < -0.4 is 11.1 Å². The van der Waals surface area contributed by atoms with Crippen LogP contribution in [0.2, 0.25) is 5.82 Å². The number of hydrogen-bond acceptors (Lipinski definition) is 12. The fraction of sp³-hybridized carbons (Fsp3) is 0.750. The van der Waals surface area contributed by atoms with Gasteiger partial charge in [0.15, 0.2) is 11.4 Å². The monoisotopic (exact) mass is 689 g/mol. The van der Waals surface area contributed by atoms with Gasteiger partial charge in [0.05, 0.1) is 31.9 Å². The summed E-state index contributed by atoms with van der Waals surface area (Å²) in [6.07, 6.45) is 3.74. The average molecular weight is 690 g/mol. The van der Waals surface area contributed by atoms with Crippen LogP contribution in [-0.4, -0.2) is 106 Å². The van der Waals surface area contributed by atoms with Crippen molar-refractivity contribution in [2.45, 2.75) is 122 Å². The predicted molar refractivity (Wildman–Crippen MR) is 180 cm³/mol. The summed E-state index contributed by atoms with van der Waals surface area (Å²) in [4.78, 5) is 46.3. The summed E-state index contributed by atoms with van der Waals surface area (Å²) >= 11 is 1.33. The molecule has 0 bridgehead atoms. The lowest BCUT2D eigenvalue weighted by molar-refractivity contribution is -0.179. The number of ether oxygens (including phenoxy) is 3. The highest BCUT2D eigenvalue weighted by Gasteiger charge is 2.59. The van der Waals surface area contributed by atoms with Crippen LogP contribution in [0.15, 0.2) is 12.4 Å². The molecule has 4 rings (SSSR count). The highest BCUT2D eigenvalue weighted by atomic mass is 32.1. The predicted octanol–water partition coefficient (Wildman–Crippen LogP) is 3.98. The molecule has 3 N–H and O–H groups in total. The molecule has 0 saturated carbocycles. The number of nitrogen functional groups attached to an aromatic ring is 1. The number of Topliss-reactive ketones (excluding diaryl/α,β-unsaturated/α-hetero) is 1. The molecule has 16 heteroatoms. The van der Waals surface area contributed by atoms with Crippen molar-refractivity contribution in [2.75, 3.05) is 25.9 Å². The number of unbranched alkanes of at least 4 members (excludes halogenated alkanes) is 1. The zero-order valence-electron chi connectivity index (χ0n) is 29.2. The number of ketones is 1. The number of carbonyl (C=O) groups excluding carboxylic acids is 3. The van der Waals surface area contributed by atoms with E-state index in [0.717, 1.165) is 6.92 Å². The van der Waals surface area contributed by atoms with E-state index in [2.05, 4.69) is 20.6 Å². The number of anilines is 1. The number of cyclic esters (lactones) is 1. The Balaban J connectivity index is 1.57. The summed E-state index contributed by atoms with van der Waals surface area (Å²) in [5.74, 6) is -4.27. The molecule has 48 heavy (non-hydrogen) atoms. The van der Waals surface area contributed by atoms with Crippen molar-refractivity contribution >= 4 is 42.0 Å². The van der Waals surface area contributed by atoms with Gasteiger partial charge >= 0.3 is 12.1 Å². The molecule has 2 aromatic heterocycles. The number of hydrogen-bond donors (Lipinski definition) is 2. The Kier molecular flexibility index (Phi) is 11.6. The molecule has 1 amide bonds. The number of nitrogens with one attached hydrogen (secondary N) is 1. The van der Waals surface area contributed by atoms with Gasteiger partial charge in [-0.25, -0.2) is 19.0 Å². The number of methoxy groups -OCH3 is 1. The molecule has 0 unspecified atom stereocenters. The highest BCUT2D eigenvalue weighted by Crippen LogP contribution is 2.41. The zero-order valence-corrected chi connectivity index (χ0v) is 30.0. The van der Waals surface area contributed by atoms with E-state index in [4.69, 9.17) is 27.8 Å². The molecular formula is C32H49BFN7O6S. The van der Waals surface area contributed by atoms with E-state index in [1.165, 1.54) is 25.4 Å². The third-order valence-electron chi connectivity index (χ3n) is 10.0. The average Bonchev–Trinajstić information content (AvgIpc) is 3.76. The lowest BCUT2D eigenvalue weighted by Gasteiger charge is -2.41. The maximum atomic E-state index is 16.1. The van der Waals surface area contributed by atoms with Crippen LogP contribution in [0.25, 0.3) is 10.7 Å². The van der Waals surface area contributed by atoms with Gasteiger partial charge in [-0.3, -0.25) is 14.4 Å². The van der Waals surface area contributed by atoms with E-state index < -0.39 is 58.6 Å². The molecular weight excluding hydrogens is 640 g/mol. The van der Waals surface area contributed by atoms with Crippen molar-refractivity contribution < 1.29 is 33.0 Å². The van der Waals surface area contributed by atoms with Crippen LogP contribution in [0.1, 0.15) is 74.1 Å². The van der Waals surface area contributed by atoms with E-state index in [9.17, 15) is 14.4 Å². The highest BCUT2D eigenvalue weighted by molar-refractivity contribution is 7.18. The number of rotatable bonds is 8. The molecule has 9 atom stereocenters. The quantitative estimate of drug-likeness (QED) is 0.178. The molecule has 0 aliphatic carbocycles. The van der Waals surface area contributed by atoms with Gasteiger partial charge < -0.3 is 25.3 Å². The van der Waals surface area contributed by atoms with E-state index in [1.54, 1.807) is 42.7 Å². The van der Waals surface area contributed by atoms with E-state index in [0.29, 0.717) is 54.6 Å². The maximum absolute atomic E-state index is 16.1. The van der Waals surface area contributed by atoms with Crippen molar-refractivity contribution in [3.05, 3.63) is 12.4 Å². The van der Waals surface area contributed by atoms with Crippen molar-refractivity contribution in [2.24, 2.45) is 11.8 Å². The molecule has 13 nitrogen and oxygen atoms in total. The molecule has 2 aliphatic rings. The van der Waals surface area contributed by atoms with Gasteiger partial charge in [-0.1, -0.05) is 37.3 Å². The van der Waals surface area contributed by atoms with Gasteiger partial charge in [0.25, 0.3) is 5.67 Å². The molecule has 2 radical (unpaired) electrons. The second kappa shape index (κ2) is 14.8. The third-order valence-corrected chi connectivity index (χ3v) is 10.9.